The van der Waals surface area contributed by atoms with Crippen LogP contribution in [0.5, 0.6) is 0 Å². The van der Waals surface area contributed by atoms with Crippen LogP contribution in [0.4, 0.5) is 11.4 Å². The molecule has 0 aliphatic carbocycles. The molecule has 0 aromatic heterocycles. The first-order valence-electron chi connectivity index (χ1n) is 9.22. The van der Waals surface area contributed by atoms with E-state index in [1.165, 1.54) is 5.56 Å². The number of benzene rings is 2. The van der Waals surface area contributed by atoms with E-state index in [0.717, 1.165) is 49.3 Å². The number of amides is 2. The molecule has 0 radical (unpaired) electrons. The zero-order valence-electron chi connectivity index (χ0n) is 14.7. The van der Waals surface area contributed by atoms with Crippen LogP contribution >= 0.6 is 0 Å². The lowest BCUT2D eigenvalue weighted by Gasteiger charge is -2.17. The van der Waals surface area contributed by atoms with Crippen molar-refractivity contribution in [1.82, 2.24) is 5.32 Å². The first kappa shape index (κ1) is 16.8. The topological polar surface area (TPSA) is 61.4 Å². The highest BCUT2D eigenvalue weighted by atomic mass is 16.2. The van der Waals surface area contributed by atoms with E-state index in [0.29, 0.717) is 6.42 Å². The second kappa shape index (κ2) is 7.30. The van der Waals surface area contributed by atoms with Gasteiger partial charge < -0.3 is 15.5 Å². The van der Waals surface area contributed by atoms with Gasteiger partial charge in [-0.1, -0.05) is 30.3 Å². The Morgan fingerprint density at radius 2 is 1.92 bits per heavy atom. The fourth-order valence-corrected chi connectivity index (χ4v) is 3.71. The molecule has 1 fully saturated rings. The number of fused-ring (bicyclic) bond motifs is 1. The van der Waals surface area contributed by atoms with Gasteiger partial charge in [0.05, 0.1) is 12.5 Å². The average molecular weight is 349 g/mol. The van der Waals surface area contributed by atoms with Crippen LogP contribution in [0.3, 0.4) is 0 Å². The van der Waals surface area contributed by atoms with Gasteiger partial charge in [-0.05, 0) is 55.1 Å². The Balaban J connectivity index is 1.37. The molecule has 0 spiro atoms. The lowest BCUT2D eigenvalue weighted by Crippen LogP contribution is -2.35. The Labute approximate surface area is 153 Å². The molecule has 4 rings (SSSR count). The van der Waals surface area contributed by atoms with Crippen LogP contribution in [-0.2, 0) is 22.4 Å². The monoisotopic (exact) mass is 349 g/mol. The van der Waals surface area contributed by atoms with Crippen LogP contribution in [0, 0.1) is 0 Å². The standard InChI is InChI=1S/C21H23N3O2/c25-20(24-13-11-16-4-1-2-6-19(16)24)14-15-7-9-17(10-8-15)23-21(26)18-5-3-12-22-18/h1-2,4,6-10,18,22H,3,5,11-14H2,(H,23,26)/t18-/m0/s1. The Morgan fingerprint density at radius 1 is 1.12 bits per heavy atom. The third kappa shape index (κ3) is 3.48. The van der Waals surface area contributed by atoms with E-state index in [9.17, 15) is 9.59 Å². The molecule has 2 aliphatic rings. The molecule has 2 N–H and O–H groups in total. The van der Waals surface area contributed by atoms with E-state index in [1.807, 2.05) is 47.4 Å². The number of anilines is 2. The van der Waals surface area contributed by atoms with Gasteiger partial charge in [0.2, 0.25) is 11.8 Å². The maximum Gasteiger partial charge on any atom is 0.241 e. The number of hydrogen-bond donors (Lipinski definition) is 2. The SMILES string of the molecule is O=C(Nc1ccc(CC(=O)N2CCc3ccccc32)cc1)[C@@H]1CCCN1. The fraction of sp³-hybridized carbons (Fsp3) is 0.333. The molecule has 2 amide bonds. The maximum absolute atomic E-state index is 12.7. The molecule has 2 aromatic carbocycles. The minimum absolute atomic E-state index is 0.0139. The lowest BCUT2D eigenvalue weighted by atomic mass is 10.1. The summed E-state index contributed by atoms with van der Waals surface area (Å²) in [7, 11) is 0. The number of nitrogens with zero attached hydrogens (tertiary/aromatic N) is 1. The maximum atomic E-state index is 12.7. The largest absolute Gasteiger partial charge is 0.325 e. The molecule has 5 heteroatoms. The Morgan fingerprint density at radius 3 is 2.69 bits per heavy atom. The molecule has 134 valence electrons. The molecule has 0 bridgehead atoms. The summed E-state index contributed by atoms with van der Waals surface area (Å²) >= 11 is 0. The number of rotatable bonds is 4. The summed E-state index contributed by atoms with van der Waals surface area (Å²) in [4.78, 5) is 26.7. The minimum atomic E-state index is -0.0912. The van der Waals surface area contributed by atoms with Gasteiger partial charge in [0, 0.05) is 17.9 Å². The van der Waals surface area contributed by atoms with Crippen molar-refractivity contribution in [2.24, 2.45) is 0 Å². The summed E-state index contributed by atoms with van der Waals surface area (Å²) in [6.45, 7) is 1.65. The van der Waals surface area contributed by atoms with Crippen LogP contribution in [0.1, 0.15) is 24.0 Å². The number of para-hydroxylation sites is 1. The second-order valence-corrected chi connectivity index (χ2v) is 6.94. The molecule has 2 aromatic rings. The number of nitrogens with one attached hydrogen (secondary N) is 2. The van der Waals surface area contributed by atoms with Crippen molar-refractivity contribution in [2.45, 2.75) is 31.7 Å². The second-order valence-electron chi connectivity index (χ2n) is 6.94. The van der Waals surface area contributed by atoms with Gasteiger partial charge >= 0.3 is 0 Å². The fourth-order valence-electron chi connectivity index (χ4n) is 3.71. The Bertz CT molecular complexity index is 810. The summed E-state index contributed by atoms with van der Waals surface area (Å²) in [6, 6.07) is 15.6. The molecule has 0 saturated carbocycles. The predicted molar refractivity (Wildman–Crippen MR) is 102 cm³/mol. The van der Waals surface area contributed by atoms with E-state index in [-0.39, 0.29) is 17.9 Å². The van der Waals surface area contributed by atoms with E-state index in [2.05, 4.69) is 16.7 Å². The van der Waals surface area contributed by atoms with E-state index in [4.69, 9.17) is 0 Å². The van der Waals surface area contributed by atoms with Gasteiger partial charge in [-0.25, -0.2) is 0 Å². The molecule has 1 atom stereocenters. The molecule has 2 aliphatic heterocycles. The van der Waals surface area contributed by atoms with Crippen LogP contribution in [0.15, 0.2) is 48.5 Å². The van der Waals surface area contributed by atoms with E-state index in [1.54, 1.807) is 0 Å². The first-order chi connectivity index (χ1) is 12.7. The summed E-state index contributed by atoms with van der Waals surface area (Å²) < 4.78 is 0. The highest BCUT2D eigenvalue weighted by Crippen LogP contribution is 2.28. The van der Waals surface area contributed by atoms with Crippen LogP contribution < -0.4 is 15.5 Å². The number of carbonyl (C=O) groups is 2. The molecular weight excluding hydrogens is 326 g/mol. The Kier molecular flexibility index (Phi) is 4.71. The van der Waals surface area contributed by atoms with Crippen LogP contribution in [0.2, 0.25) is 0 Å². The van der Waals surface area contributed by atoms with E-state index < -0.39 is 0 Å². The Hall–Kier alpha value is -2.66. The minimum Gasteiger partial charge on any atom is -0.325 e. The molecule has 26 heavy (non-hydrogen) atoms. The highest BCUT2D eigenvalue weighted by Gasteiger charge is 2.24. The number of hydrogen-bond acceptors (Lipinski definition) is 3. The third-order valence-corrected chi connectivity index (χ3v) is 5.14. The van der Waals surface area contributed by atoms with Gasteiger partial charge in [0.25, 0.3) is 0 Å². The van der Waals surface area contributed by atoms with Crippen molar-refractivity contribution in [2.75, 3.05) is 23.3 Å². The zero-order valence-corrected chi connectivity index (χ0v) is 14.7. The van der Waals surface area contributed by atoms with Gasteiger partial charge in [-0.15, -0.1) is 0 Å². The molecular formula is C21H23N3O2. The van der Waals surface area contributed by atoms with Crippen molar-refractivity contribution in [3.8, 4) is 0 Å². The van der Waals surface area contributed by atoms with Crippen LogP contribution in [-0.4, -0.2) is 30.9 Å². The summed E-state index contributed by atoms with van der Waals surface area (Å²) in [5.74, 6) is 0.127. The van der Waals surface area contributed by atoms with Gasteiger partial charge in [-0.3, -0.25) is 9.59 Å². The van der Waals surface area contributed by atoms with Gasteiger partial charge in [-0.2, -0.15) is 0 Å². The first-order valence-corrected chi connectivity index (χ1v) is 9.22. The van der Waals surface area contributed by atoms with Crippen molar-refractivity contribution in [1.29, 1.82) is 0 Å². The smallest absolute Gasteiger partial charge is 0.241 e. The number of carbonyl (C=O) groups excluding carboxylic acids is 2. The third-order valence-electron chi connectivity index (χ3n) is 5.14. The summed E-state index contributed by atoms with van der Waals surface area (Å²) in [6.07, 6.45) is 3.21. The summed E-state index contributed by atoms with van der Waals surface area (Å²) in [5, 5.41) is 6.13. The van der Waals surface area contributed by atoms with Gasteiger partial charge in [0.15, 0.2) is 0 Å². The van der Waals surface area contributed by atoms with Gasteiger partial charge in [0.1, 0.15) is 0 Å². The molecule has 0 unspecified atom stereocenters. The quantitative estimate of drug-likeness (QED) is 0.892. The predicted octanol–water partition coefficient (Wildman–Crippen LogP) is 2.51. The lowest BCUT2D eigenvalue weighted by molar-refractivity contribution is -0.118. The highest BCUT2D eigenvalue weighted by molar-refractivity contribution is 5.97. The van der Waals surface area contributed by atoms with Crippen molar-refractivity contribution in [3.05, 3.63) is 59.7 Å². The van der Waals surface area contributed by atoms with Crippen molar-refractivity contribution >= 4 is 23.2 Å². The van der Waals surface area contributed by atoms with E-state index >= 15 is 0 Å². The molecule has 1 saturated heterocycles. The van der Waals surface area contributed by atoms with Crippen LogP contribution in [0.25, 0.3) is 0 Å². The zero-order chi connectivity index (χ0) is 17.9. The molecule has 2 heterocycles. The summed E-state index contributed by atoms with van der Waals surface area (Å²) in [5.41, 5.74) is 3.99. The van der Waals surface area contributed by atoms with Crippen molar-refractivity contribution < 1.29 is 9.59 Å². The van der Waals surface area contributed by atoms with Crippen molar-refractivity contribution in [3.63, 3.8) is 0 Å². The normalized spacial score (nSPS) is 18.6. The molecule has 5 nitrogen and oxygen atoms in total. The average Bonchev–Trinajstić information content (AvgIpc) is 3.33.